The molecule has 0 aliphatic rings. The first kappa shape index (κ1) is 14.1. The van der Waals surface area contributed by atoms with E-state index < -0.39 is 0 Å². The van der Waals surface area contributed by atoms with Gasteiger partial charge in [-0.25, -0.2) is 9.78 Å². The molecule has 3 N–H and O–H groups in total. The first-order valence-corrected chi connectivity index (χ1v) is 6.41. The van der Waals surface area contributed by atoms with Crippen molar-refractivity contribution in [3.8, 4) is 5.69 Å². The van der Waals surface area contributed by atoms with Gasteiger partial charge in [-0.15, -0.1) is 0 Å². The summed E-state index contributed by atoms with van der Waals surface area (Å²) in [4.78, 5) is 15.5. The Labute approximate surface area is 117 Å². The molecule has 1 aromatic carbocycles. The van der Waals surface area contributed by atoms with E-state index in [2.05, 4.69) is 15.6 Å². The Morgan fingerprint density at radius 1 is 1.40 bits per heavy atom. The number of nitrogens with one attached hydrogen (secondary N) is 2. The van der Waals surface area contributed by atoms with Crippen molar-refractivity contribution in [2.24, 2.45) is 0 Å². The van der Waals surface area contributed by atoms with Crippen LogP contribution in [0.15, 0.2) is 43.0 Å². The summed E-state index contributed by atoms with van der Waals surface area (Å²) in [7, 11) is 0. The molecule has 6 heteroatoms. The Morgan fingerprint density at radius 3 is 2.75 bits per heavy atom. The molecule has 0 spiro atoms. The van der Waals surface area contributed by atoms with Gasteiger partial charge in [-0.3, -0.25) is 0 Å². The largest absolute Gasteiger partial charge is 0.394 e. The second-order valence-electron chi connectivity index (χ2n) is 4.55. The number of nitrogens with zero attached hydrogens (tertiary/aromatic N) is 2. The number of amides is 2. The van der Waals surface area contributed by atoms with Crippen molar-refractivity contribution in [3.05, 3.63) is 48.5 Å². The summed E-state index contributed by atoms with van der Waals surface area (Å²) in [6, 6.07) is 7.29. The van der Waals surface area contributed by atoms with Crippen LogP contribution in [-0.2, 0) is 6.54 Å². The second-order valence-corrected chi connectivity index (χ2v) is 4.55. The van der Waals surface area contributed by atoms with Crippen molar-refractivity contribution >= 4 is 6.03 Å². The fraction of sp³-hybridized carbons (Fsp3) is 0.286. The molecule has 6 nitrogen and oxygen atoms in total. The summed E-state index contributed by atoms with van der Waals surface area (Å²) in [6.45, 7) is 2.10. The van der Waals surface area contributed by atoms with Crippen LogP contribution in [0.5, 0.6) is 0 Å². The van der Waals surface area contributed by atoms with Gasteiger partial charge in [0.1, 0.15) is 0 Å². The van der Waals surface area contributed by atoms with Gasteiger partial charge >= 0.3 is 6.03 Å². The van der Waals surface area contributed by atoms with Gasteiger partial charge in [0.15, 0.2) is 0 Å². The number of carbonyl (C=O) groups is 1. The molecule has 2 aromatic rings. The average molecular weight is 274 g/mol. The molecule has 0 radical (unpaired) electrons. The Kier molecular flexibility index (Phi) is 4.73. The van der Waals surface area contributed by atoms with E-state index in [9.17, 15) is 4.79 Å². The van der Waals surface area contributed by atoms with Crippen LogP contribution in [0.1, 0.15) is 12.5 Å². The summed E-state index contributed by atoms with van der Waals surface area (Å²) in [6.07, 6.45) is 5.33. The molecule has 1 heterocycles. The average Bonchev–Trinajstić information content (AvgIpc) is 2.99. The van der Waals surface area contributed by atoms with E-state index in [4.69, 9.17) is 5.11 Å². The first-order chi connectivity index (χ1) is 9.69. The lowest BCUT2D eigenvalue weighted by Crippen LogP contribution is -2.41. The van der Waals surface area contributed by atoms with Crippen molar-refractivity contribution in [1.82, 2.24) is 20.2 Å². The van der Waals surface area contributed by atoms with Gasteiger partial charge in [0.25, 0.3) is 0 Å². The molecule has 20 heavy (non-hydrogen) atoms. The second kappa shape index (κ2) is 6.72. The summed E-state index contributed by atoms with van der Waals surface area (Å²) in [5.41, 5.74) is 2.02. The Hall–Kier alpha value is -2.34. The summed E-state index contributed by atoms with van der Waals surface area (Å²) in [5.74, 6) is 0. The summed E-state index contributed by atoms with van der Waals surface area (Å²) < 4.78 is 1.91. The van der Waals surface area contributed by atoms with Crippen molar-refractivity contribution in [2.75, 3.05) is 6.61 Å². The predicted octanol–water partition coefficient (Wildman–Crippen LogP) is 1.05. The van der Waals surface area contributed by atoms with E-state index in [1.165, 1.54) is 0 Å². The van der Waals surface area contributed by atoms with E-state index >= 15 is 0 Å². The van der Waals surface area contributed by atoms with Crippen LogP contribution in [0.25, 0.3) is 5.69 Å². The summed E-state index contributed by atoms with van der Waals surface area (Å²) >= 11 is 0. The summed E-state index contributed by atoms with van der Waals surface area (Å²) in [5, 5.41) is 14.2. The van der Waals surface area contributed by atoms with Gasteiger partial charge in [0, 0.05) is 24.6 Å². The van der Waals surface area contributed by atoms with Crippen LogP contribution in [0.3, 0.4) is 0 Å². The lowest BCUT2D eigenvalue weighted by molar-refractivity contribution is 0.220. The molecule has 1 atom stereocenters. The molecular weight excluding hydrogens is 256 g/mol. The van der Waals surface area contributed by atoms with Crippen molar-refractivity contribution < 1.29 is 9.90 Å². The molecule has 1 aromatic heterocycles. The third-order valence-electron chi connectivity index (χ3n) is 2.84. The quantitative estimate of drug-likeness (QED) is 0.762. The van der Waals surface area contributed by atoms with Gasteiger partial charge in [-0.1, -0.05) is 12.1 Å². The molecule has 2 rings (SSSR count). The number of aliphatic hydroxyl groups is 1. The Morgan fingerprint density at radius 2 is 2.15 bits per heavy atom. The fourth-order valence-corrected chi connectivity index (χ4v) is 1.70. The van der Waals surface area contributed by atoms with Crippen molar-refractivity contribution in [2.45, 2.75) is 19.5 Å². The number of aromatic nitrogens is 2. The highest BCUT2D eigenvalue weighted by molar-refractivity contribution is 5.74. The predicted molar refractivity (Wildman–Crippen MR) is 75.5 cm³/mol. The third-order valence-corrected chi connectivity index (χ3v) is 2.84. The topological polar surface area (TPSA) is 79.2 Å². The molecule has 0 aliphatic heterocycles. The van der Waals surface area contributed by atoms with E-state index in [1.807, 2.05) is 35.0 Å². The molecule has 1 unspecified atom stereocenters. The number of aliphatic hydroxyl groups excluding tert-OH is 1. The normalized spacial score (nSPS) is 11.9. The molecule has 106 valence electrons. The highest BCUT2D eigenvalue weighted by atomic mass is 16.3. The van der Waals surface area contributed by atoms with Crippen LogP contribution < -0.4 is 10.6 Å². The minimum atomic E-state index is -0.287. The fourth-order valence-electron chi connectivity index (χ4n) is 1.70. The van der Waals surface area contributed by atoms with E-state index in [-0.39, 0.29) is 18.7 Å². The molecule has 2 amide bonds. The van der Waals surface area contributed by atoms with Gasteiger partial charge in [0.05, 0.1) is 19.0 Å². The van der Waals surface area contributed by atoms with Gasteiger partial charge in [-0.2, -0.15) is 0 Å². The molecule has 0 aliphatic carbocycles. The number of rotatable bonds is 5. The zero-order chi connectivity index (χ0) is 14.4. The van der Waals surface area contributed by atoms with Crippen molar-refractivity contribution in [1.29, 1.82) is 0 Å². The van der Waals surface area contributed by atoms with Crippen LogP contribution >= 0.6 is 0 Å². The first-order valence-electron chi connectivity index (χ1n) is 6.41. The number of imidazole rings is 1. The minimum absolute atomic E-state index is 0.0764. The van der Waals surface area contributed by atoms with Crippen LogP contribution in [-0.4, -0.2) is 33.3 Å². The van der Waals surface area contributed by atoms with Gasteiger partial charge in [-0.05, 0) is 24.6 Å². The maximum Gasteiger partial charge on any atom is 0.315 e. The molecule has 0 bridgehead atoms. The zero-order valence-electron chi connectivity index (χ0n) is 11.3. The van der Waals surface area contributed by atoms with Gasteiger partial charge < -0.3 is 20.3 Å². The van der Waals surface area contributed by atoms with Gasteiger partial charge in [0.2, 0.25) is 0 Å². The van der Waals surface area contributed by atoms with Crippen molar-refractivity contribution in [3.63, 3.8) is 0 Å². The number of carbonyl (C=O) groups excluding carboxylic acids is 1. The monoisotopic (exact) mass is 274 g/mol. The van der Waals surface area contributed by atoms with Crippen LogP contribution in [0, 0.1) is 0 Å². The van der Waals surface area contributed by atoms with E-state index in [0.29, 0.717) is 6.54 Å². The lowest BCUT2D eigenvalue weighted by Gasteiger charge is -2.12. The minimum Gasteiger partial charge on any atom is -0.394 e. The van der Waals surface area contributed by atoms with Crippen LogP contribution in [0.2, 0.25) is 0 Å². The molecule has 0 saturated heterocycles. The standard InChI is InChI=1S/C14H18N4O2/c1-11(9-19)17-14(20)16-8-12-2-4-13(5-3-12)18-7-6-15-10-18/h2-7,10-11,19H,8-9H2,1H3,(H2,16,17,20). The number of hydrogen-bond donors (Lipinski definition) is 3. The maximum atomic E-state index is 11.5. The lowest BCUT2D eigenvalue weighted by atomic mass is 10.2. The zero-order valence-corrected chi connectivity index (χ0v) is 11.3. The molecular formula is C14H18N4O2. The number of benzene rings is 1. The molecule has 0 fully saturated rings. The highest BCUT2D eigenvalue weighted by Gasteiger charge is 2.05. The smallest absolute Gasteiger partial charge is 0.315 e. The number of hydrogen-bond acceptors (Lipinski definition) is 3. The van der Waals surface area contributed by atoms with E-state index in [1.54, 1.807) is 19.4 Å². The SMILES string of the molecule is CC(CO)NC(=O)NCc1ccc(-n2ccnc2)cc1. The van der Waals surface area contributed by atoms with E-state index in [0.717, 1.165) is 11.3 Å². The highest BCUT2D eigenvalue weighted by Crippen LogP contribution is 2.08. The van der Waals surface area contributed by atoms with Crippen LogP contribution in [0.4, 0.5) is 4.79 Å². The third kappa shape index (κ3) is 3.83. The maximum absolute atomic E-state index is 11.5. The molecule has 0 saturated carbocycles. The Bertz CT molecular complexity index is 537. The number of urea groups is 1. The Balaban J connectivity index is 1.87.